The first kappa shape index (κ1) is 14.3. The second-order valence-corrected chi connectivity index (χ2v) is 5.04. The molecule has 0 bridgehead atoms. The van der Waals surface area contributed by atoms with E-state index in [-0.39, 0.29) is 5.91 Å². The van der Waals surface area contributed by atoms with Crippen molar-refractivity contribution >= 4 is 17.5 Å². The van der Waals surface area contributed by atoms with Crippen molar-refractivity contribution in [3.63, 3.8) is 0 Å². The maximum atomic E-state index is 12.2. The van der Waals surface area contributed by atoms with E-state index in [9.17, 15) is 4.79 Å². The molecule has 22 heavy (non-hydrogen) atoms. The van der Waals surface area contributed by atoms with Crippen molar-refractivity contribution in [3.05, 3.63) is 77.1 Å². The van der Waals surface area contributed by atoms with E-state index < -0.39 is 0 Å². The number of nitrogens with zero attached hydrogens (tertiary/aromatic N) is 3. The third kappa shape index (κ3) is 2.99. The number of aromatic nitrogens is 3. The minimum Gasteiger partial charge on any atom is -0.346 e. The van der Waals surface area contributed by atoms with Gasteiger partial charge in [-0.2, -0.15) is 0 Å². The normalized spacial score (nSPS) is 10.4. The zero-order valence-corrected chi connectivity index (χ0v) is 12.4. The molecule has 0 fully saturated rings. The molecule has 3 aromatic rings. The first-order valence-corrected chi connectivity index (χ1v) is 7.11. The fourth-order valence-electron chi connectivity index (χ4n) is 2.07. The quantitative estimate of drug-likeness (QED) is 0.806. The summed E-state index contributed by atoms with van der Waals surface area (Å²) in [5.41, 5.74) is 2.12. The minimum absolute atomic E-state index is 0.230. The van der Waals surface area contributed by atoms with Crippen molar-refractivity contribution in [2.75, 3.05) is 0 Å². The van der Waals surface area contributed by atoms with Gasteiger partial charge in [-0.25, -0.2) is 4.68 Å². The molecule has 2 aromatic carbocycles. The maximum Gasteiger partial charge on any atom is 0.253 e. The zero-order valence-electron chi connectivity index (χ0n) is 11.6. The summed E-state index contributed by atoms with van der Waals surface area (Å²) in [4.78, 5) is 12.2. The number of hydrogen-bond acceptors (Lipinski definition) is 3. The van der Waals surface area contributed by atoms with E-state index in [1.165, 1.54) is 0 Å². The van der Waals surface area contributed by atoms with Gasteiger partial charge < -0.3 is 5.32 Å². The number of benzene rings is 2. The van der Waals surface area contributed by atoms with Crippen LogP contribution in [0.2, 0.25) is 5.02 Å². The fraction of sp³-hybridized carbons (Fsp3) is 0.0625. The molecule has 0 aliphatic carbocycles. The molecule has 0 aliphatic rings. The van der Waals surface area contributed by atoms with E-state index in [1.807, 2.05) is 30.3 Å². The van der Waals surface area contributed by atoms with Crippen LogP contribution in [0, 0.1) is 0 Å². The van der Waals surface area contributed by atoms with Gasteiger partial charge in [0.1, 0.15) is 0 Å². The zero-order chi connectivity index (χ0) is 15.4. The van der Waals surface area contributed by atoms with Gasteiger partial charge in [-0.15, -0.1) is 5.10 Å². The molecule has 0 atom stereocenters. The maximum absolute atomic E-state index is 12.2. The molecule has 0 saturated heterocycles. The topological polar surface area (TPSA) is 59.8 Å². The molecular formula is C16H13ClN4O. The van der Waals surface area contributed by atoms with E-state index in [4.69, 9.17) is 11.6 Å². The highest BCUT2D eigenvalue weighted by atomic mass is 35.5. The van der Waals surface area contributed by atoms with Gasteiger partial charge in [-0.1, -0.05) is 47.1 Å². The molecule has 0 spiro atoms. The van der Waals surface area contributed by atoms with Crippen LogP contribution in [0.25, 0.3) is 5.69 Å². The Kier molecular flexibility index (Phi) is 4.16. The van der Waals surface area contributed by atoms with Crippen LogP contribution < -0.4 is 5.32 Å². The Balaban J connectivity index is 1.75. The molecule has 0 aliphatic heterocycles. The highest BCUT2D eigenvalue weighted by molar-refractivity contribution is 6.33. The molecule has 0 unspecified atom stereocenters. The lowest BCUT2D eigenvalue weighted by molar-refractivity contribution is 0.0950. The number of carbonyl (C=O) groups is 1. The third-order valence-corrected chi connectivity index (χ3v) is 3.50. The van der Waals surface area contributed by atoms with E-state index in [0.717, 1.165) is 11.4 Å². The van der Waals surface area contributed by atoms with Crippen molar-refractivity contribution in [1.82, 2.24) is 20.3 Å². The molecule has 3 rings (SSSR count). The minimum atomic E-state index is -0.230. The third-order valence-electron chi connectivity index (χ3n) is 3.17. The first-order chi connectivity index (χ1) is 10.8. The van der Waals surface area contributed by atoms with Gasteiger partial charge in [0.15, 0.2) is 0 Å². The second-order valence-electron chi connectivity index (χ2n) is 4.64. The lowest BCUT2D eigenvalue weighted by Gasteiger charge is -2.08. The van der Waals surface area contributed by atoms with E-state index in [2.05, 4.69) is 15.6 Å². The predicted octanol–water partition coefficient (Wildman–Crippen LogP) is 2.85. The van der Waals surface area contributed by atoms with Gasteiger partial charge >= 0.3 is 0 Å². The molecular weight excluding hydrogens is 300 g/mol. The van der Waals surface area contributed by atoms with Crippen LogP contribution in [0.5, 0.6) is 0 Å². The lowest BCUT2D eigenvalue weighted by atomic mass is 10.2. The number of halogens is 1. The Bertz CT molecular complexity index is 786. The number of amides is 1. The number of rotatable bonds is 4. The van der Waals surface area contributed by atoms with Crippen LogP contribution >= 0.6 is 11.6 Å². The summed E-state index contributed by atoms with van der Waals surface area (Å²) in [6.45, 7) is 0.311. The van der Waals surface area contributed by atoms with Crippen LogP contribution in [0.1, 0.15) is 16.1 Å². The van der Waals surface area contributed by atoms with Crippen molar-refractivity contribution in [3.8, 4) is 5.69 Å². The van der Waals surface area contributed by atoms with Crippen molar-refractivity contribution in [2.45, 2.75) is 6.54 Å². The molecule has 110 valence electrons. The summed E-state index contributed by atoms with van der Waals surface area (Å²) < 4.78 is 1.69. The average molecular weight is 313 g/mol. The lowest BCUT2D eigenvalue weighted by Crippen LogP contribution is -2.24. The van der Waals surface area contributed by atoms with Crippen LogP contribution in [0.4, 0.5) is 0 Å². The molecule has 1 heterocycles. The summed E-state index contributed by atoms with van der Waals surface area (Å²) >= 11 is 6.02. The smallest absolute Gasteiger partial charge is 0.253 e. The first-order valence-electron chi connectivity index (χ1n) is 6.73. The van der Waals surface area contributed by atoms with Gasteiger partial charge in [0.05, 0.1) is 34.7 Å². The van der Waals surface area contributed by atoms with Crippen molar-refractivity contribution in [2.24, 2.45) is 0 Å². The Morgan fingerprint density at radius 3 is 2.59 bits per heavy atom. The van der Waals surface area contributed by atoms with Crippen LogP contribution in [-0.2, 0) is 6.54 Å². The Labute approximate surface area is 132 Å². The van der Waals surface area contributed by atoms with Gasteiger partial charge in [0, 0.05) is 0 Å². The van der Waals surface area contributed by atoms with E-state index in [1.54, 1.807) is 35.1 Å². The van der Waals surface area contributed by atoms with E-state index >= 15 is 0 Å². The second kappa shape index (κ2) is 6.41. The average Bonchev–Trinajstić information content (AvgIpc) is 3.02. The highest BCUT2D eigenvalue weighted by Gasteiger charge is 2.11. The monoisotopic (exact) mass is 312 g/mol. The van der Waals surface area contributed by atoms with Gasteiger partial charge in [0.2, 0.25) is 0 Å². The van der Waals surface area contributed by atoms with Crippen molar-refractivity contribution in [1.29, 1.82) is 0 Å². The molecule has 5 nitrogen and oxygen atoms in total. The predicted molar refractivity (Wildman–Crippen MR) is 84.0 cm³/mol. The molecule has 1 aromatic heterocycles. The number of nitrogens with one attached hydrogen (secondary N) is 1. The Morgan fingerprint density at radius 2 is 1.82 bits per heavy atom. The summed E-state index contributed by atoms with van der Waals surface area (Å²) in [5.74, 6) is -0.230. The summed E-state index contributed by atoms with van der Waals surface area (Å²) in [6, 6.07) is 16.5. The van der Waals surface area contributed by atoms with Gasteiger partial charge in [0.25, 0.3) is 5.91 Å². The largest absolute Gasteiger partial charge is 0.346 e. The molecule has 6 heteroatoms. The highest BCUT2D eigenvalue weighted by Crippen LogP contribution is 2.15. The van der Waals surface area contributed by atoms with Crippen LogP contribution in [0.3, 0.4) is 0 Å². The summed E-state index contributed by atoms with van der Waals surface area (Å²) in [5, 5.41) is 11.2. The molecule has 0 saturated carbocycles. The molecule has 1 N–H and O–H groups in total. The number of para-hydroxylation sites is 1. The van der Waals surface area contributed by atoms with Crippen molar-refractivity contribution < 1.29 is 4.79 Å². The Morgan fingerprint density at radius 1 is 1.09 bits per heavy atom. The Hall–Kier alpha value is -2.66. The van der Waals surface area contributed by atoms with Gasteiger partial charge in [-0.05, 0) is 24.3 Å². The standard InChI is InChI=1S/C16H13ClN4O/c17-15-9-5-4-8-14(15)16(22)18-10-13-11-19-20-21(13)12-6-2-1-3-7-12/h1-9,11H,10H2,(H,18,22). The fourth-order valence-corrected chi connectivity index (χ4v) is 2.30. The van der Waals surface area contributed by atoms with E-state index in [0.29, 0.717) is 17.1 Å². The molecule has 0 radical (unpaired) electrons. The van der Waals surface area contributed by atoms with Gasteiger partial charge in [-0.3, -0.25) is 4.79 Å². The summed E-state index contributed by atoms with van der Waals surface area (Å²) in [6.07, 6.45) is 1.62. The van der Waals surface area contributed by atoms with Crippen LogP contribution in [-0.4, -0.2) is 20.9 Å². The number of carbonyl (C=O) groups excluding carboxylic acids is 1. The van der Waals surface area contributed by atoms with Crippen LogP contribution in [0.15, 0.2) is 60.8 Å². The summed E-state index contributed by atoms with van der Waals surface area (Å²) in [7, 11) is 0. The number of hydrogen-bond donors (Lipinski definition) is 1. The molecule has 1 amide bonds. The SMILES string of the molecule is O=C(NCc1cnnn1-c1ccccc1)c1ccccc1Cl.